The van der Waals surface area contributed by atoms with Crippen LogP contribution in [-0.2, 0) is 0 Å². The van der Waals surface area contributed by atoms with Crippen molar-refractivity contribution in [3.8, 4) is 0 Å². The monoisotopic (exact) mass is 317 g/mol. The van der Waals surface area contributed by atoms with Crippen LogP contribution in [0.1, 0.15) is 48.9 Å². The average Bonchev–Trinajstić information content (AvgIpc) is 2.96. The third-order valence-corrected chi connectivity index (χ3v) is 4.76. The summed E-state index contributed by atoms with van der Waals surface area (Å²) in [5.41, 5.74) is 1.13. The molecule has 2 fully saturated rings. The highest BCUT2D eigenvalue weighted by atomic mass is 16.6. The Morgan fingerprint density at radius 2 is 1.57 bits per heavy atom. The van der Waals surface area contributed by atoms with Crippen LogP contribution in [0.5, 0.6) is 0 Å². The second kappa shape index (κ2) is 6.98. The van der Waals surface area contributed by atoms with Crippen LogP contribution in [0.2, 0.25) is 0 Å². The first-order chi connectivity index (χ1) is 11.2. The van der Waals surface area contributed by atoms with E-state index in [1.165, 1.54) is 18.9 Å². The Balaban J connectivity index is 1.88. The molecule has 1 aromatic carbocycles. The lowest BCUT2D eigenvalue weighted by Gasteiger charge is -2.23. The molecule has 0 unspecified atom stereocenters. The van der Waals surface area contributed by atoms with E-state index in [2.05, 4.69) is 4.90 Å². The summed E-state index contributed by atoms with van der Waals surface area (Å²) >= 11 is 0. The fraction of sp³-hybridized carbons (Fsp3) is 0.588. The van der Waals surface area contributed by atoms with Crippen molar-refractivity contribution in [2.75, 3.05) is 31.1 Å². The van der Waals surface area contributed by atoms with E-state index in [0.29, 0.717) is 11.3 Å². The van der Waals surface area contributed by atoms with Crippen molar-refractivity contribution < 1.29 is 9.72 Å². The molecule has 2 heterocycles. The molecule has 0 radical (unpaired) electrons. The van der Waals surface area contributed by atoms with Crippen LogP contribution in [0, 0.1) is 10.1 Å². The molecular formula is C17H23N3O3. The molecule has 6 heteroatoms. The van der Waals surface area contributed by atoms with Crippen LogP contribution in [0.4, 0.5) is 11.4 Å². The van der Waals surface area contributed by atoms with E-state index in [1.807, 2.05) is 0 Å². The molecule has 124 valence electrons. The molecule has 0 atom stereocenters. The first-order valence-electron chi connectivity index (χ1n) is 8.49. The lowest BCUT2D eigenvalue weighted by atomic mass is 10.1. The third kappa shape index (κ3) is 3.46. The van der Waals surface area contributed by atoms with Gasteiger partial charge < -0.3 is 9.80 Å². The number of amides is 1. The van der Waals surface area contributed by atoms with Crippen molar-refractivity contribution >= 4 is 17.3 Å². The van der Waals surface area contributed by atoms with Crippen LogP contribution < -0.4 is 4.90 Å². The fourth-order valence-electron chi connectivity index (χ4n) is 3.48. The van der Waals surface area contributed by atoms with E-state index in [-0.39, 0.29) is 16.5 Å². The summed E-state index contributed by atoms with van der Waals surface area (Å²) < 4.78 is 0. The number of anilines is 1. The molecule has 0 N–H and O–H groups in total. The minimum Gasteiger partial charge on any atom is -0.366 e. The number of carbonyl (C=O) groups is 1. The summed E-state index contributed by atoms with van der Waals surface area (Å²) in [6, 6.07) is 4.96. The van der Waals surface area contributed by atoms with Crippen LogP contribution in [-0.4, -0.2) is 41.9 Å². The Labute approximate surface area is 136 Å². The molecule has 3 rings (SSSR count). The minimum absolute atomic E-state index is 0.0527. The van der Waals surface area contributed by atoms with Crippen molar-refractivity contribution in [2.45, 2.75) is 38.5 Å². The van der Waals surface area contributed by atoms with E-state index >= 15 is 0 Å². The van der Waals surface area contributed by atoms with Crippen molar-refractivity contribution in [3.05, 3.63) is 33.9 Å². The Morgan fingerprint density at radius 1 is 0.957 bits per heavy atom. The number of hydrogen-bond acceptors (Lipinski definition) is 4. The summed E-state index contributed by atoms with van der Waals surface area (Å²) in [7, 11) is 0. The van der Waals surface area contributed by atoms with Gasteiger partial charge in [-0.1, -0.05) is 12.8 Å². The van der Waals surface area contributed by atoms with E-state index in [4.69, 9.17) is 0 Å². The number of likely N-dealkylation sites (tertiary alicyclic amines) is 1. The molecule has 1 amide bonds. The molecule has 0 bridgehead atoms. The highest BCUT2D eigenvalue weighted by Gasteiger charge is 2.25. The second-order valence-corrected chi connectivity index (χ2v) is 6.36. The predicted octanol–water partition coefficient (Wildman–Crippen LogP) is 3.21. The zero-order valence-electron chi connectivity index (χ0n) is 13.4. The standard InChI is InChI=1S/C17H23N3O3/c21-17(19-11-5-6-12-19)14-7-8-15(16(13-14)20(22)23)18-9-3-1-2-4-10-18/h7-8,13H,1-6,9-12H2. The second-order valence-electron chi connectivity index (χ2n) is 6.36. The van der Waals surface area contributed by atoms with Gasteiger partial charge in [0.1, 0.15) is 5.69 Å². The smallest absolute Gasteiger partial charge is 0.293 e. The van der Waals surface area contributed by atoms with Gasteiger partial charge in [0.2, 0.25) is 0 Å². The molecule has 0 spiro atoms. The van der Waals surface area contributed by atoms with Gasteiger partial charge in [-0.25, -0.2) is 0 Å². The Hall–Kier alpha value is -2.11. The van der Waals surface area contributed by atoms with Gasteiger partial charge in [0, 0.05) is 37.8 Å². The Kier molecular flexibility index (Phi) is 4.79. The van der Waals surface area contributed by atoms with Crippen molar-refractivity contribution in [2.24, 2.45) is 0 Å². The summed E-state index contributed by atoms with van der Waals surface area (Å²) in [6.07, 6.45) is 6.50. The molecule has 0 aliphatic carbocycles. The highest BCUT2D eigenvalue weighted by Crippen LogP contribution is 2.31. The molecule has 2 saturated heterocycles. The first kappa shape index (κ1) is 15.8. The normalized spacial score (nSPS) is 18.8. The van der Waals surface area contributed by atoms with Crippen molar-refractivity contribution in [1.29, 1.82) is 0 Å². The van der Waals surface area contributed by atoms with Crippen LogP contribution in [0.15, 0.2) is 18.2 Å². The maximum absolute atomic E-state index is 12.5. The number of benzene rings is 1. The maximum Gasteiger partial charge on any atom is 0.293 e. The third-order valence-electron chi connectivity index (χ3n) is 4.76. The number of nitro benzene ring substituents is 1. The van der Waals surface area contributed by atoms with Gasteiger partial charge in [0.05, 0.1) is 4.92 Å². The molecule has 23 heavy (non-hydrogen) atoms. The summed E-state index contributed by atoms with van der Waals surface area (Å²) in [5, 5.41) is 11.5. The largest absolute Gasteiger partial charge is 0.366 e. The van der Waals surface area contributed by atoms with Crippen molar-refractivity contribution in [1.82, 2.24) is 4.90 Å². The quantitative estimate of drug-likeness (QED) is 0.634. The van der Waals surface area contributed by atoms with Gasteiger partial charge >= 0.3 is 0 Å². The number of nitrogens with zero attached hydrogens (tertiary/aromatic N) is 3. The number of carbonyl (C=O) groups excluding carboxylic acids is 1. The molecule has 0 saturated carbocycles. The van der Waals surface area contributed by atoms with E-state index in [9.17, 15) is 14.9 Å². The summed E-state index contributed by atoms with van der Waals surface area (Å²) in [6.45, 7) is 3.20. The average molecular weight is 317 g/mol. The van der Waals surface area contributed by atoms with Crippen molar-refractivity contribution in [3.63, 3.8) is 0 Å². The fourth-order valence-corrected chi connectivity index (χ4v) is 3.48. The Morgan fingerprint density at radius 3 is 2.17 bits per heavy atom. The van der Waals surface area contributed by atoms with Crippen LogP contribution in [0.3, 0.4) is 0 Å². The Bertz CT molecular complexity index is 589. The number of nitro groups is 1. The lowest BCUT2D eigenvalue weighted by molar-refractivity contribution is -0.384. The summed E-state index contributed by atoms with van der Waals surface area (Å²) in [4.78, 5) is 27.5. The van der Waals surface area contributed by atoms with E-state index in [1.54, 1.807) is 17.0 Å². The predicted molar refractivity (Wildman–Crippen MR) is 88.9 cm³/mol. The molecule has 0 aromatic heterocycles. The zero-order valence-corrected chi connectivity index (χ0v) is 13.4. The molecule has 1 aromatic rings. The molecule has 6 nitrogen and oxygen atoms in total. The van der Waals surface area contributed by atoms with Gasteiger partial charge in [-0.2, -0.15) is 0 Å². The minimum atomic E-state index is -0.360. The SMILES string of the molecule is O=C(c1ccc(N2CCCCCC2)c([N+](=O)[O-])c1)N1CCCC1. The lowest BCUT2D eigenvalue weighted by Crippen LogP contribution is -2.28. The van der Waals surface area contributed by atoms with E-state index in [0.717, 1.165) is 51.9 Å². The number of rotatable bonds is 3. The van der Waals surface area contributed by atoms with Crippen LogP contribution >= 0.6 is 0 Å². The van der Waals surface area contributed by atoms with Crippen LogP contribution in [0.25, 0.3) is 0 Å². The highest BCUT2D eigenvalue weighted by molar-refractivity contribution is 5.96. The van der Waals surface area contributed by atoms with Gasteiger partial charge in [-0.3, -0.25) is 14.9 Å². The zero-order chi connectivity index (χ0) is 16.2. The summed E-state index contributed by atoms with van der Waals surface area (Å²) in [5.74, 6) is -0.0898. The van der Waals surface area contributed by atoms with Gasteiger partial charge in [0.15, 0.2) is 0 Å². The molecule has 2 aliphatic rings. The molecular weight excluding hydrogens is 294 g/mol. The maximum atomic E-state index is 12.5. The van der Waals surface area contributed by atoms with E-state index < -0.39 is 0 Å². The molecule has 2 aliphatic heterocycles. The first-order valence-corrected chi connectivity index (χ1v) is 8.49. The topological polar surface area (TPSA) is 66.7 Å². The number of hydrogen-bond donors (Lipinski definition) is 0. The van der Waals surface area contributed by atoms with Gasteiger partial charge in [-0.15, -0.1) is 0 Å². The van der Waals surface area contributed by atoms with Gasteiger partial charge in [-0.05, 0) is 37.8 Å². The van der Waals surface area contributed by atoms with Gasteiger partial charge in [0.25, 0.3) is 11.6 Å².